The van der Waals surface area contributed by atoms with Gasteiger partial charge in [-0.2, -0.15) is 23.5 Å². The van der Waals surface area contributed by atoms with Gasteiger partial charge in [-0.05, 0) is 24.3 Å². The van der Waals surface area contributed by atoms with Crippen molar-refractivity contribution in [1.82, 2.24) is 10.6 Å². The smallest absolute Gasteiger partial charge is 0.216 e. The van der Waals surface area contributed by atoms with E-state index in [0.29, 0.717) is 0 Å². The molecule has 0 fully saturated rings. The average molecular weight is 292 g/mol. The summed E-state index contributed by atoms with van der Waals surface area (Å²) in [7, 11) is 0. The van der Waals surface area contributed by atoms with Crippen LogP contribution in [-0.2, 0) is 9.59 Å². The zero-order chi connectivity index (χ0) is 13.6. The minimum absolute atomic E-state index is 0.0507. The summed E-state index contributed by atoms with van der Waals surface area (Å²) in [5, 5.41) is 5.58. The van der Waals surface area contributed by atoms with Crippen LogP contribution in [0, 0.1) is 0 Å². The summed E-state index contributed by atoms with van der Waals surface area (Å²) in [5.74, 6) is 4.62. The van der Waals surface area contributed by atoms with Gasteiger partial charge in [-0.25, -0.2) is 0 Å². The lowest BCUT2D eigenvalue weighted by Gasteiger charge is -2.04. The summed E-state index contributed by atoms with van der Waals surface area (Å²) in [6.45, 7) is 4.66. The van der Waals surface area contributed by atoms with E-state index in [9.17, 15) is 9.59 Å². The lowest BCUT2D eigenvalue weighted by molar-refractivity contribution is -0.119. The third-order valence-electron chi connectivity index (χ3n) is 2.05. The lowest BCUT2D eigenvalue weighted by atomic mass is 10.5. The number of carbonyl (C=O) groups is 2. The summed E-state index contributed by atoms with van der Waals surface area (Å²) in [4.78, 5) is 21.2. The Labute approximate surface area is 118 Å². The van der Waals surface area contributed by atoms with Crippen LogP contribution in [0.1, 0.15) is 26.7 Å². The van der Waals surface area contributed by atoms with Gasteiger partial charge in [0.2, 0.25) is 11.8 Å². The largest absolute Gasteiger partial charge is 0.356 e. The van der Waals surface area contributed by atoms with Crippen molar-refractivity contribution < 1.29 is 9.59 Å². The van der Waals surface area contributed by atoms with Crippen LogP contribution in [0.2, 0.25) is 0 Å². The van der Waals surface area contributed by atoms with Crippen LogP contribution < -0.4 is 10.6 Å². The maximum Gasteiger partial charge on any atom is 0.216 e. The summed E-state index contributed by atoms with van der Waals surface area (Å²) in [6.07, 6.45) is 2.08. The van der Waals surface area contributed by atoms with Crippen LogP contribution in [0.3, 0.4) is 0 Å². The zero-order valence-electron chi connectivity index (χ0n) is 11.3. The van der Waals surface area contributed by atoms with Gasteiger partial charge >= 0.3 is 0 Å². The monoisotopic (exact) mass is 292 g/mol. The molecule has 0 heterocycles. The fourth-order valence-corrected chi connectivity index (χ4v) is 3.25. The van der Waals surface area contributed by atoms with Gasteiger partial charge in [0.1, 0.15) is 0 Å². The molecular formula is C12H24N2O2S2. The lowest BCUT2D eigenvalue weighted by Crippen LogP contribution is -2.21. The van der Waals surface area contributed by atoms with E-state index < -0.39 is 0 Å². The van der Waals surface area contributed by atoms with Gasteiger partial charge in [-0.1, -0.05) is 0 Å². The van der Waals surface area contributed by atoms with E-state index in [4.69, 9.17) is 0 Å². The first-order valence-corrected chi connectivity index (χ1v) is 8.58. The Bertz CT molecular complexity index is 214. The molecule has 0 radical (unpaired) electrons. The Morgan fingerprint density at radius 2 is 1.17 bits per heavy atom. The minimum Gasteiger partial charge on any atom is -0.356 e. The van der Waals surface area contributed by atoms with Crippen molar-refractivity contribution in [2.24, 2.45) is 0 Å². The molecule has 0 spiro atoms. The summed E-state index contributed by atoms with van der Waals surface area (Å²) in [6, 6.07) is 0. The van der Waals surface area contributed by atoms with Crippen molar-refractivity contribution >= 4 is 35.3 Å². The SMILES string of the molecule is CC(=O)NCCCSCCSCCCNC(C)=O. The molecule has 0 saturated carbocycles. The first-order valence-electron chi connectivity index (χ1n) is 6.27. The highest BCUT2D eigenvalue weighted by molar-refractivity contribution is 8.02. The highest BCUT2D eigenvalue weighted by Crippen LogP contribution is 2.08. The average Bonchev–Trinajstić information content (AvgIpc) is 2.29. The molecule has 18 heavy (non-hydrogen) atoms. The van der Waals surface area contributed by atoms with Crippen LogP contribution in [0.4, 0.5) is 0 Å². The third-order valence-corrected chi connectivity index (χ3v) is 4.45. The number of rotatable bonds is 11. The van der Waals surface area contributed by atoms with Crippen molar-refractivity contribution in [3.05, 3.63) is 0 Å². The third kappa shape index (κ3) is 15.6. The molecule has 0 atom stereocenters. The molecule has 0 aliphatic carbocycles. The standard InChI is InChI=1S/C12H24N2O2S2/c1-11(15)13-5-3-7-17-9-10-18-8-4-6-14-12(2)16/h3-10H2,1-2H3,(H,13,15)(H,14,16). The summed E-state index contributed by atoms with van der Waals surface area (Å²) >= 11 is 3.86. The molecule has 2 N–H and O–H groups in total. The number of hydrogen-bond acceptors (Lipinski definition) is 4. The molecule has 0 aromatic rings. The Kier molecular flexibility index (Phi) is 12.8. The van der Waals surface area contributed by atoms with Crippen molar-refractivity contribution in [3.63, 3.8) is 0 Å². The van der Waals surface area contributed by atoms with Gasteiger partial charge in [-0.15, -0.1) is 0 Å². The van der Waals surface area contributed by atoms with E-state index in [2.05, 4.69) is 10.6 Å². The molecule has 6 heteroatoms. The van der Waals surface area contributed by atoms with Gasteiger partial charge in [0, 0.05) is 38.4 Å². The van der Waals surface area contributed by atoms with E-state index in [1.807, 2.05) is 23.5 Å². The molecule has 0 aliphatic rings. The normalized spacial score (nSPS) is 10.1. The topological polar surface area (TPSA) is 58.2 Å². The summed E-state index contributed by atoms with van der Waals surface area (Å²) < 4.78 is 0. The molecule has 0 rings (SSSR count). The second kappa shape index (κ2) is 13.1. The number of thioether (sulfide) groups is 2. The summed E-state index contributed by atoms with van der Waals surface area (Å²) in [5.41, 5.74) is 0. The van der Waals surface area contributed by atoms with Gasteiger partial charge in [0.15, 0.2) is 0 Å². The van der Waals surface area contributed by atoms with Crippen LogP contribution in [0.25, 0.3) is 0 Å². The molecule has 2 amide bonds. The van der Waals surface area contributed by atoms with Crippen molar-refractivity contribution in [3.8, 4) is 0 Å². The Balaban J connectivity index is 2.99. The van der Waals surface area contributed by atoms with Gasteiger partial charge < -0.3 is 10.6 Å². The number of carbonyl (C=O) groups excluding carboxylic acids is 2. The first kappa shape index (κ1) is 17.6. The Morgan fingerprint density at radius 3 is 1.50 bits per heavy atom. The quantitative estimate of drug-likeness (QED) is 0.567. The predicted octanol–water partition coefficient (Wildman–Crippen LogP) is 1.51. The molecule has 0 unspecified atom stereocenters. The number of hydrogen-bond donors (Lipinski definition) is 2. The Hall–Kier alpha value is -0.360. The van der Waals surface area contributed by atoms with E-state index in [0.717, 1.165) is 48.9 Å². The van der Waals surface area contributed by atoms with Gasteiger partial charge in [-0.3, -0.25) is 9.59 Å². The van der Waals surface area contributed by atoms with Crippen LogP contribution >= 0.6 is 23.5 Å². The van der Waals surface area contributed by atoms with Crippen molar-refractivity contribution in [1.29, 1.82) is 0 Å². The number of amides is 2. The molecule has 0 aromatic heterocycles. The highest BCUT2D eigenvalue weighted by atomic mass is 32.2. The van der Waals surface area contributed by atoms with Crippen molar-refractivity contribution in [2.75, 3.05) is 36.1 Å². The molecule has 0 bridgehead atoms. The number of nitrogens with one attached hydrogen (secondary N) is 2. The zero-order valence-corrected chi connectivity index (χ0v) is 12.9. The Morgan fingerprint density at radius 1 is 0.778 bits per heavy atom. The van der Waals surface area contributed by atoms with Gasteiger partial charge in [0.25, 0.3) is 0 Å². The molecular weight excluding hydrogens is 268 g/mol. The second-order valence-electron chi connectivity index (χ2n) is 3.90. The van der Waals surface area contributed by atoms with Crippen LogP contribution in [0.15, 0.2) is 0 Å². The van der Waals surface area contributed by atoms with E-state index >= 15 is 0 Å². The second-order valence-corrected chi connectivity index (χ2v) is 6.35. The maximum absolute atomic E-state index is 10.6. The molecule has 106 valence electrons. The fourth-order valence-electron chi connectivity index (χ4n) is 1.20. The molecule has 0 aromatic carbocycles. The van der Waals surface area contributed by atoms with E-state index in [1.165, 1.54) is 0 Å². The predicted molar refractivity (Wildman–Crippen MR) is 81.3 cm³/mol. The van der Waals surface area contributed by atoms with Crippen molar-refractivity contribution in [2.45, 2.75) is 26.7 Å². The first-order chi connectivity index (χ1) is 8.63. The van der Waals surface area contributed by atoms with Crippen LogP contribution in [-0.4, -0.2) is 47.9 Å². The molecule has 0 saturated heterocycles. The van der Waals surface area contributed by atoms with E-state index in [-0.39, 0.29) is 11.8 Å². The molecule has 4 nitrogen and oxygen atoms in total. The molecule has 0 aliphatic heterocycles. The maximum atomic E-state index is 10.6. The van der Waals surface area contributed by atoms with Gasteiger partial charge in [0.05, 0.1) is 0 Å². The van der Waals surface area contributed by atoms with E-state index in [1.54, 1.807) is 13.8 Å². The van der Waals surface area contributed by atoms with Crippen LogP contribution in [0.5, 0.6) is 0 Å². The highest BCUT2D eigenvalue weighted by Gasteiger charge is 1.94. The fraction of sp³-hybridized carbons (Fsp3) is 0.833. The minimum atomic E-state index is 0.0507.